The maximum absolute atomic E-state index is 4.42. The van der Waals surface area contributed by atoms with Crippen LogP contribution in [0.1, 0.15) is 141 Å². The van der Waals surface area contributed by atoms with E-state index in [0.29, 0.717) is 12.0 Å². The molecule has 1 heterocycles. The van der Waals surface area contributed by atoms with Gasteiger partial charge in [0.2, 0.25) is 0 Å². The monoisotopic (exact) mass is 466 g/mol. The smallest absolute Gasteiger partial charge is 0.0948 e. The lowest BCUT2D eigenvalue weighted by Crippen LogP contribution is -2.21. The van der Waals surface area contributed by atoms with E-state index in [-0.39, 0.29) is 0 Å². The fourth-order valence-corrected chi connectivity index (χ4v) is 5.47. The van der Waals surface area contributed by atoms with Crippen molar-refractivity contribution in [2.45, 2.75) is 142 Å². The van der Waals surface area contributed by atoms with Crippen LogP contribution in [0, 0.1) is 5.92 Å². The number of nitrogens with zero attached hydrogens (tertiary/aromatic N) is 2. The van der Waals surface area contributed by atoms with Crippen molar-refractivity contribution in [2.24, 2.45) is 5.92 Å². The van der Waals surface area contributed by atoms with Crippen molar-refractivity contribution in [3.8, 4) is 0 Å². The highest BCUT2D eigenvalue weighted by Gasteiger charge is 2.23. The van der Waals surface area contributed by atoms with Gasteiger partial charge in [0.1, 0.15) is 0 Å². The topological polar surface area (TPSA) is 17.8 Å². The minimum atomic E-state index is 0.576. The van der Waals surface area contributed by atoms with Gasteiger partial charge in [0.15, 0.2) is 0 Å². The summed E-state index contributed by atoms with van der Waals surface area (Å²) < 4.78 is 2.43. The summed E-state index contributed by atoms with van der Waals surface area (Å²) >= 11 is 0. The molecule has 1 aromatic heterocycles. The summed E-state index contributed by atoms with van der Waals surface area (Å²) in [4.78, 5) is 4.42. The van der Waals surface area contributed by atoms with E-state index in [9.17, 15) is 0 Å². The Bertz CT molecular complexity index is 664. The molecular weight excluding hydrogens is 412 g/mol. The molecule has 2 heteroatoms. The van der Waals surface area contributed by atoms with Crippen LogP contribution in [-0.4, -0.2) is 9.55 Å². The number of imidazole rings is 1. The Labute approximate surface area is 212 Å². The average molecular weight is 467 g/mol. The van der Waals surface area contributed by atoms with Crippen LogP contribution in [0.15, 0.2) is 49.1 Å². The number of hydrogen-bond donors (Lipinski definition) is 0. The predicted octanol–water partition coefficient (Wildman–Crippen LogP) is 10.3. The van der Waals surface area contributed by atoms with E-state index < -0.39 is 0 Å². The summed E-state index contributed by atoms with van der Waals surface area (Å²) in [5.41, 5.74) is 1.49. The molecule has 0 bridgehead atoms. The van der Waals surface area contributed by atoms with Crippen LogP contribution in [0.2, 0.25) is 0 Å². The minimum Gasteiger partial charge on any atom is -0.334 e. The van der Waals surface area contributed by atoms with E-state index in [0.717, 1.165) is 0 Å². The molecule has 0 N–H and O–H groups in total. The van der Waals surface area contributed by atoms with Crippen LogP contribution in [0.5, 0.6) is 0 Å². The normalized spacial score (nSPS) is 13.2. The molecule has 0 amide bonds. The number of rotatable bonds is 22. The SMILES string of the molecule is CCCCCCCCCCCCCC(C(CCCCCCC)Cc1ccccc1)n1ccnc1. The Hall–Kier alpha value is -1.57. The molecule has 0 saturated heterocycles. The third kappa shape index (κ3) is 12.8. The number of hydrogen-bond acceptors (Lipinski definition) is 1. The lowest BCUT2D eigenvalue weighted by atomic mass is 9.84. The third-order valence-corrected chi connectivity index (χ3v) is 7.57. The van der Waals surface area contributed by atoms with Gasteiger partial charge in [0.05, 0.1) is 6.33 Å². The Morgan fingerprint density at radius 2 is 1.18 bits per heavy atom. The van der Waals surface area contributed by atoms with Crippen LogP contribution < -0.4 is 0 Å². The highest BCUT2D eigenvalue weighted by Crippen LogP contribution is 2.32. The van der Waals surface area contributed by atoms with Crippen molar-refractivity contribution in [2.75, 3.05) is 0 Å². The standard InChI is InChI=1S/C32H54N2/c1-3-5-7-9-10-11-12-13-14-16-21-25-32(34-27-26-33-29-34)31(24-20-15-8-6-4-2)28-30-22-18-17-19-23-30/h17-19,22-23,26-27,29,31-32H,3-16,20-21,24-25,28H2,1-2H3. The van der Waals surface area contributed by atoms with Crippen molar-refractivity contribution >= 4 is 0 Å². The predicted molar refractivity (Wildman–Crippen MR) is 149 cm³/mol. The summed E-state index contributed by atoms with van der Waals surface area (Å²) in [6.07, 6.45) is 32.4. The van der Waals surface area contributed by atoms with Gasteiger partial charge >= 0.3 is 0 Å². The average Bonchev–Trinajstić information content (AvgIpc) is 3.39. The molecule has 1 aromatic carbocycles. The van der Waals surface area contributed by atoms with E-state index in [1.54, 1.807) is 0 Å². The second-order valence-corrected chi connectivity index (χ2v) is 10.6. The second kappa shape index (κ2) is 19.7. The molecule has 2 unspecified atom stereocenters. The van der Waals surface area contributed by atoms with Gasteiger partial charge in [-0.25, -0.2) is 4.98 Å². The van der Waals surface area contributed by atoms with Gasteiger partial charge in [-0.1, -0.05) is 147 Å². The van der Waals surface area contributed by atoms with Gasteiger partial charge in [-0.05, 0) is 30.7 Å². The zero-order chi connectivity index (χ0) is 24.1. The molecule has 0 radical (unpaired) electrons. The molecule has 0 saturated carbocycles. The maximum atomic E-state index is 4.42. The summed E-state index contributed by atoms with van der Waals surface area (Å²) in [6.45, 7) is 4.61. The first kappa shape index (κ1) is 28.7. The lowest BCUT2D eigenvalue weighted by molar-refractivity contribution is 0.275. The highest BCUT2D eigenvalue weighted by molar-refractivity contribution is 5.15. The van der Waals surface area contributed by atoms with Gasteiger partial charge in [-0.15, -0.1) is 0 Å². The third-order valence-electron chi connectivity index (χ3n) is 7.57. The van der Waals surface area contributed by atoms with Gasteiger partial charge in [-0.3, -0.25) is 0 Å². The van der Waals surface area contributed by atoms with Crippen LogP contribution in [0.3, 0.4) is 0 Å². The van der Waals surface area contributed by atoms with Crippen LogP contribution in [0.25, 0.3) is 0 Å². The molecule has 0 aliphatic heterocycles. The molecule has 0 spiro atoms. The van der Waals surface area contributed by atoms with Gasteiger partial charge in [-0.2, -0.15) is 0 Å². The summed E-state index contributed by atoms with van der Waals surface area (Å²) in [5.74, 6) is 0.696. The summed E-state index contributed by atoms with van der Waals surface area (Å²) in [7, 11) is 0. The van der Waals surface area contributed by atoms with Crippen LogP contribution >= 0.6 is 0 Å². The summed E-state index contributed by atoms with van der Waals surface area (Å²) in [5, 5.41) is 0. The van der Waals surface area contributed by atoms with Gasteiger partial charge in [0, 0.05) is 18.4 Å². The zero-order valence-corrected chi connectivity index (χ0v) is 22.6. The van der Waals surface area contributed by atoms with Gasteiger partial charge < -0.3 is 4.57 Å². The Morgan fingerprint density at radius 1 is 0.647 bits per heavy atom. The van der Waals surface area contributed by atoms with E-state index in [1.165, 1.54) is 128 Å². The molecule has 2 rings (SSSR count). The molecule has 0 fully saturated rings. The van der Waals surface area contributed by atoms with E-state index >= 15 is 0 Å². The first-order valence-electron chi connectivity index (χ1n) is 14.9. The number of benzene rings is 1. The molecule has 2 atom stereocenters. The minimum absolute atomic E-state index is 0.576. The Balaban J connectivity index is 1.81. The molecule has 34 heavy (non-hydrogen) atoms. The Kier molecular flexibility index (Phi) is 16.6. The van der Waals surface area contributed by atoms with Crippen molar-refractivity contribution in [1.82, 2.24) is 9.55 Å². The first-order chi connectivity index (χ1) is 16.8. The van der Waals surface area contributed by atoms with Crippen molar-refractivity contribution < 1.29 is 0 Å². The Morgan fingerprint density at radius 3 is 1.71 bits per heavy atom. The molecule has 0 aliphatic rings. The van der Waals surface area contributed by atoms with Crippen molar-refractivity contribution in [3.63, 3.8) is 0 Å². The maximum Gasteiger partial charge on any atom is 0.0948 e. The van der Waals surface area contributed by atoms with Crippen LogP contribution in [-0.2, 0) is 6.42 Å². The molecule has 0 aliphatic carbocycles. The number of aromatic nitrogens is 2. The molecule has 192 valence electrons. The zero-order valence-electron chi connectivity index (χ0n) is 22.6. The second-order valence-electron chi connectivity index (χ2n) is 10.6. The van der Waals surface area contributed by atoms with Crippen molar-refractivity contribution in [3.05, 3.63) is 54.6 Å². The lowest BCUT2D eigenvalue weighted by Gasteiger charge is -2.29. The van der Waals surface area contributed by atoms with E-state index in [2.05, 4.69) is 66.3 Å². The number of unbranched alkanes of at least 4 members (excludes halogenated alkanes) is 14. The quantitative estimate of drug-likeness (QED) is 0.158. The first-order valence-corrected chi connectivity index (χ1v) is 14.9. The molecule has 2 aromatic rings. The van der Waals surface area contributed by atoms with E-state index in [1.807, 2.05) is 6.20 Å². The van der Waals surface area contributed by atoms with E-state index in [4.69, 9.17) is 0 Å². The molecular formula is C32H54N2. The van der Waals surface area contributed by atoms with Crippen molar-refractivity contribution in [1.29, 1.82) is 0 Å². The van der Waals surface area contributed by atoms with Gasteiger partial charge in [0.25, 0.3) is 0 Å². The largest absolute Gasteiger partial charge is 0.334 e. The fourth-order valence-electron chi connectivity index (χ4n) is 5.47. The highest BCUT2D eigenvalue weighted by atomic mass is 15.1. The summed E-state index contributed by atoms with van der Waals surface area (Å²) in [6, 6.07) is 11.7. The fraction of sp³-hybridized carbons (Fsp3) is 0.719. The van der Waals surface area contributed by atoms with Crippen LogP contribution in [0.4, 0.5) is 0 Å². The molecule has 2 nitrogen and oxygen atoms in total.